The molecule has 0 N–H and O–H groups in total. The summed E-state index contributed by atoms with van der Waals surface area (Å²) in [5, 5.41) is -0.0521. The Bertz CT molecular complexity index is 342. The lowest BCUT2D eigenvalue weighted by atomic mass is 9.79. The van der Waals surface area contributed by atoms with Gasteiger partial charge in [0.2, 0.25) is 0 Å². The van der Waals surface area contributed by atoms with Gasteiger partial charge in [0.15, 0.2) is 9.84 Å². The van der Waals surface area contributed by atoms with Crippen molar-refractivity contribution in [1.82, 2.24) is 0 Å². The standard InChI is InChI=1S/C10H20NO2S/c1-11(2,3)10-7-5-4-6-9(10)14(12,13)8-10/h9H,4-8H2,1-3H3/q+1. The third-order valence-electron chi connectivity index (χ3n) is 4.15. The van der Waals surface area contributed by atoms with Gasteiger partial charge in [-0.3, -0.25) is 0 Å². The van der Waals surface area contributed by atoms with Crippen molar-refractivity contribution in [2.75, 3.05) is 26.9 Å². The summed E-state index contributed by atoms with van der Waals surface area (Å²) in [5.74, 6) is 0.411. The van der Waals surface area contributed by atoms with Gasteiger partial charge in [-0.15, -0.1) is 0 Å². The Balaban J connectivity index is 2.36. The summed E-state index contributed by atoms with van der Waals surface area (Å²) in [7, 11) is 3.66. The Morgan fingerprint density at radius 3 is 2.29 bits per heavy atom. The summed E-state index contributed by atoms with van der Waals surface area (Å²) in [6.45, 7) is 0. The molecular formula is C10H20NO2S+. The second-order valence-electron chi connectivity index (χ2n) is 5.66. The van der Waals surface area contributed by atoms with Crippen molar-refractivity contribution in [2.45, 2.75) is 36.5 Å². The highest BCUT2D eigenvalue weighted by Gasteiger charge is 2.66. The van der Waals surface area contributed by atoms with Crippen molar-refractivity contribution in [2.24, 2.45) is 0 Å². The number of hydrogen-bond acceptors (Lipinski definition) is 2. The molecule has 1 saturated heterocycles. The van der Waals surface area contributed by atoms with E-state index in [1.807, 2.05) is 0 Å². The monoisotopic (exact) mass is 218 g/mol. The molecule has 0 bridgehead atoms. The van der Waals surface area contributed by atoms with E-state index in [2.05, 4.69) is 21.1 Å². The highest BCUT2D eigenvalue weighted by molar-refractivity contribution is 7.93. The normalized spacial score (nSPS) is 41.2. The van der Waals surface area contributed by atoms with Gasteiger partial charge >= 0.3 is 0 Å². The van der Waals surface area contributed by atoms with Crippen molar-refractivity contribution in [1.29, 1.82) is 0 Å². The number of sulfone groups is 1. The molecule has 0 radical (unpaired) electrons. The average Bonchev–Trinajstić information content (AvgIpc) is 2.00. The molecule has 4 heteroatoms. The minimum absolute atomic E-state index is 0.0388. The molecule has 3 nitrogen and oxygen atoms in total. The zero-order chi connectivity index (χ0) is 10.6. The molecule has 2 unspecified atom stereocenters. The highest BCUT2D eigenvalue weighted by Crippen LogP contribution is 2.48. The summed E-state index contributed by atoms with van der Waals surface area (Å²) in [4.78, 5) is 0. The van der Waals surface area contributed by atoms with Crippen LogP contribution in [-0.2, 0) is 9.84 Å². The van der Waals surface area contributed by atoms with Gasteiger partial charge in [-0.25, -0.2) is 8.42 Å². The Morgan fingerprint density at radius 1 is 1.21 bits per heavy atom. The van der Waals surface area contributed by atoms with E-state index in [9.17, 15) is 8.42 Å². The average molecular weight is 218 g/mol. The van der Waals surface area contributed by atoms with Crippen molar-refractivity contribution < 1.29 is 12.9 Å². The molecule has 0 aromatic carbocycles. The van der Waals surface area contributed by atoms with Crippen LogP contribution in [0.25, 0.3) is 0 Å². The van der Waals surface area contributed by atoms with Crippen LogP contribution in [0.1, 0.15) is 25.7 Å². The van der Waals surface area contributed by atoms with Crippen LogP contribution in [0.4, 0.5) is 0 Å². The first-order valence-electron chi connectivity index (χ1n) is 5.33. The summed E-state index contributed by atoms with van der Waals surface area (Å²) in [5.41, 5.74) is 0.0388. The highest BCUT2D eigenvalue weighted by atomic mass is 32.2. The van der Waals surface area contributed by atoms with Gasteiger partial charge in [0.25, 0.3) is 0 Å². The first kappa shape index (κ1) is 10.4. The predicted molar refractivity (Wildman–Crippen MR) is 56.8 cm³/mol. The van der Waals surface area contributed by atoms with Crippen molar-refractivity contribution in [3.63, 3.8) is 0 Å². The second kappa shape index (κ2) is 2.73. The fourth-order valence-electron chi connectivity index (χ4n) is 3.18. The Kier molecular flexibility index (Phi) is 2.03. The molecule has 2 fully saturated rings. The minimum Gasteiger partial charge on any atom is -0.324 e. The summed E-state index contributed by atoms with van der Waals surface area (Å²) in [6, 6.07) is 0. The van der Waals surface area contributed by atoms with Crippen LogP contribution in [0.2, 0.25) is 0 Å². The van der Waals surface area contributed by atoms with Gasteiger partial charge in [0.1, 0.15) is 16.5 Å². The van der Waals surface area contributed by atoms with Crippen LogP contribution in [0.3, 0.4) is 0 Å². The maximum Gasteiger partial charge on any atom is 0.165 e. The smallest absolute Gasteiger partial charge is 0.165 e. The molecule has 2 aliphatic rings. The zero-order valence-electron chi connectivity index (χ0n) is 9.28. The van der Waals surface area contributed by atoms with E-state index in [0.29, 0.717) is 5.75 Å². The Morgan fingerprint density at radius 2 is 1.86 bits per heavy atom. The van der Waals surface area contributed by atoms with Gasteiger partial charge in [-0.2, -0.15) is 0 Å². The summed E-state index contributed by atoms with van der Waals surface area (Å²) in [6.07, 6.45) is 4.26. The molecular weight excluding hydrogens is 198 g/mol. The summed E-state index contributed by atoms with van der Waals surface area (Å²) >= 11 is 0. The van der Waals surface area contributed by atoms with Gasteiger partial charge in [0, 0.05) is 6.42 Å². The van der Waals surface area contributed by atoms with E-state index < -0.39 is 9.84 Å². The quantitative estimate of drug-likeness (QED) is 0.610. The predicted octanol–water partition coefficient (Wildman–Crippen LogP) is 0.802. The van der Waals surface area contributed by atoms with Crippen molar-refractivity contribution in [3.8, 4) is 0 Å². The second-order valence-corrected chi connectivity index (χ2v) is 7.84. The molecule has 1 heterocycles. The zero-order valence-corrected chi connectivity index (χ0v) is 10.1. The SMILES string of the molecule is C[N+](C)(C)C12CCCCC1S(=O)(=O)C2. The lowest BCUT2D eigenvalue weighted by Crippen LogP contribution is -2.76. The fraction of sp³-hybridized carbons (Fsp3) is 1.00. The number of nitrogens with zero attached hydrogens (tertiary/aromatic N) is 1. The van der Waals surface area contributed by atoms with E-state index in [-0.39, 0.29) is 10.8 Å². The fourth-order valence-corrected chi connectivity index (χ4v) is 6.23. The molecule has 1 aliphatic carbocycles. The van der Waals surface area contributed by atoms with E-state index in [0.717, 1.165) is 23.7 Å². The largest absolute Gasteiger partial charge is 0.324 e. The van der Waals surface area contributed by atoms with Crippen molar-refractivity contribution in [3.05, 3.63) is 0 Å². The molecule has 0 aromatic rings. The Hall–Kier alpha value is -0.0900. The topological polar surface area (TPSA) is 34.1 Å². The van der Waals surface area contributed by atoms with Gasteiger partial charge in [0.05, 0.1) is 21.1 Å². The van der Waals surface area contributed by atoms with Crippen molar-refractivity contribution >= 4 is 9.84 Å². The lowest BCUT2D eigenvalue weighted by molar-refractivity contribution is -0.924. The molecule has 0 amide bonds. The third kappa shape index (κ3) is 1.16. The van der Waals surface area contributed by atoms with E-state index in [4.69, 9.17) is 0 Å². The molecule has 1 aliphatic heterocycles. The molecule has 0 aromatic heterocycles. The van der Waals surface area contributed by atoms with E-state index in [1.54, 1.807) is 0 Å². The first-order chi connectivity index (χ1) is 6.30. The maximum absolute atomic E-state index is 11.7. The number of quaternary nitrogens is 1. The molecule has 14 heavy (non-hydrogen) atoms. The van der Waals surface area contributed by atoms with E-state index in [1.165, 1.54) is 6.42 Å². The van der Waals surface area contributed by atoms with Gasteiger partial charge in [-0.1, -0.05) is 6.42 Å². The molecule has 82 valence electrons. The van der Waals surface area contributed by atoms with Crippen LogP contribution >= 0.6 is 0 Å². The number of fused-ring (bicyclic) bond motifs is 1. The number of rotatable bonds is 1. The number of hydrogen-bond donors (Lipinski definition) is 0. The molecule has 2 rings (SSSR count). The van der Waals surface area contributed by atoms with Crippen LogP contribution in [-0.4, -0.2) is 50.6 Å². The van der Waals surface area contributed by atoms with Crippen LogP contribution in [0.5, 0.6) is 0 Å². The Labute approximate surface area is 86.6 Å². The molecule has 2 atom stereocenters. The van der Waals surface area contributed by atoms with E-state index >= 15 is 0 Å². The maximum atomic E-state index is 11.7. The molecule has 1 saturated carbocycles. The lowest BCUT2D eigenvalue weighted by Gasteiger charge is -2.58. The molecule has 0 spiro atoms. The van der Waals surface area contributed by atoms with Gasteiger partial charge in [-0.05, 0) is 12.8 Å². The van der Waals surface area contributed by atoms with Gasteiger partial charge < -0.3 is 4.48 Å². The van der Waals surface area contributed by atoms with Crippen LogP contribution < -0.4 is 0 Å². The minimum atomic E-state index is -2.74. The third-order valence-corrected chi connectivity index (χ3v) is 6.59. The summed E-state index contributed by atoms with van der Waals surface area (Å²) < 4.78 is 24.2. The first-order valence-corrected chi connectivity index (χ1v) is 7.04. The van der Waals surface area contributed by atoms with Crippen LogP contribution in [0, 0.1) is 0 Å². The van der Waals surface area contributed by atoms with Crippen LogP contribution in [0.15, 0.2) is 0 Å².